The summed E-state index contributed by atoms with van der Waals surface area (Å²) in [5, 5.41) is 0. The highest BCUT2D eigenvalue weighted by molar-refractivity contribution is 9.10. The van der Waals surface area contributed by atoms with Crippen molar-refractivity contribution in [3.8, 4) is 0 Å². The molecular formula is C10H13BrF2N2O2S. The summed E-state index contributed by atoms with van der Waals surface area (Å²) in [6.45, 7) is 0.610. The lowest BCUT2D eigenvalue weighted by Gasteiger charge is -2.09. The normalized spacial score (nSPS) is 11.8. The van der Waals surface area contributed by atoms with Gasteiger partial charge in [0, 0.05) is 17.1 Å². The van der Waals surface area contributed by atoms with Gasteiger partial charge in [-0.25, -0.2) is 21.9 Å². The predicted molar refractivity (Wildman–Crippen MR) is 67.5 cm³/mol. The molecule has 1 aromatic carbocycles. The number of benzene rings is 1. The quantitative estimate of drug-likeness (QED) is 0.773. The van der Waals surface area contributed by atoms with Crippen LogP contribution in [-0.2, 0) is 10.0 Å². The van der Waals surface area contributed by atoms with E-state index in [1.54, 1.807) is 0 Å². The van der Waals surface area contributed by atoms with Crippen LogP contribution in [0.3, 0.4) is 0 Å². The molecule has 1 aromatic rings. The van der Waals surface area contributed by atoms with Crippen molar-refractivity contribution in [3.05, 3.63) is 28.2 Å². The molecule has 0 radical (unpaired) electrons. The molecule has 0 aliphatic carbocycles. The van der Waals surface area contributed by atoms with E-state index in [1.807, 2.05) is 0 Å². The zero-order chi connectivity index (χ0) is 13.8. The molecule has 0 atom stereocenters. The molecule has 4 nitrogen and oxygen atoms in total. The minimum absolute atomic E-state index is 0.147. The molecule has 0 heterocycles. The van der Waals surface area contributed by atoms with Crippen LogP contribution < -0.4 is 10.5 Å². The number of halogens is 3. The Morgan fingerprint density at radius 2 is 1.94 bits per heavy atom. The summed E-state index contributed by atoms with van der Waals surface area (Å²) < 4.78 is 52.0. The largest absolute Gasteiger partial charge is 0.330 e. The van der Waals surface area contributed by atoms with Gasteiger partial charge in [0.1, 0.15) is 16.5 Å². The first kappa shape index (κ1) is 15.5. The summed E-state index contributed by atoms with van der Waals surface area (Å²) in [5.41, 5.74) is 5.27. The summed E-state index contributed by atoms with van der Waals surface area (Å²) in [5.74, 6) is -1.98. The van der Waals surface area contributed by atoms with Crippen LogP contribution in [0.15, 0.2) is 21.5 Å². The number of unbranched alkanes of at least 4 members (excludes halogenated alkanes) is 1. The maximum atomic E-state index is 13.5. The minimum Gasteiger partial charge on any atom is -0.330 e. The molecule has 0 spiro atoms. The van der Waals surface area contributed by atoms with Crippen LogP contribution in [-0.4, -0.2) is 21.5 Å². The highest BCUT2D eigenvalue weighted by atomic mass is 79.9. The summed E-state index contributed by atoms with van der Waals surface area (Å²) in [4.78, 5) is -0.586. The van der Waals surface area contributed by atoms with E-state index in [1.165, 1.54) is 0 Å². The van der Waals surface area contributed by atoms with E-state index in [2.05, 4.69) is 20.7 Å². The topological polar surface area (TPSA) is 72.2 Å². The van der Waals surface area contributed by atoms with Crippen molar-refractivity contribution < 1.29 is 17.2 Å². The van der Waals surface area contributed by atoms with Crippen LogP contribution in [0.25, 0.3) is 0 Å². The fourth-order valence-corrected chi connectivity index (χ4v) is 3.57. The van der Waals surface area contributed by atoms with Gasteiger partial charge in [-0.2, -0.15) is 0 Å². The van der Waals surface area contributed by atoms with Crippen LogP contribution in [0, 0.1) is 11.6 Å². The fourth-order valence-electron chi connectivity index (χ4n) is 1.33. The van der Waals surface area contributed by atoms with Gasteiger partial charge in [-0.05, 0) is 41.4 Å². The van der Waals surface area contributed by atoms with Gasteiger partial charge in [0.25, 0.3) is 0 Å². The van der Waals surface area contributed by atoms with Crippen LogP contribution in [0.1, 0.15) is 12.8 Å². The Balaban J connectivity index is 2.92. The Morgan fingerprint density at radius 3 is 2.50 bits per heavy atom. The molecular weight excluding hydrogens is 330 g/mol. The summed E-state index contributed by atoms with van der Waals surface area (Å²) in [6, 6.07) is 1.43. The number of hydrogen-bond acceptors (Lipinski definition) is 3. The molecule has 18 heavy (non-hydrogen) atoms. The Bertz CT molecular complexity index is 500. The molecule has 1 rings (SSSR count). The second-order valence-corrected chi connectivity index (χ2v) is 6.15. The third-order valence-corrected chi connectivity index (χ3v) is 4.58. The van der Waals surface area contributed by atoms with Crippen LogP contribution in [0.5, 0.6) is 0 Å². The number of nitrogens with two attached hydrogens (primary N) is 1. The molecule has 0 aliphatic rings. The van der Waals surface area contributed by atoms with Crippen LogP contribution >= 0.6 is 15.9 Å². The van der Waals surface area contributed by atoms with E-state index in [9.17, 15) is 17.2 Å². The Labute approximate surface area is 113 Å². The van der Waals surface area contributed by atoms with Crippen molar-refractivity contribution in [2.75, 3.05) is 13.1 Å². The lowest BCUT2D eigenvalue weighted by molar-refractivity contribution is 0.539. The molecule has 8 heteroatoms. The van der Waals surface area contributed by atoms with Gasteiger partial charge >= 0.3 is 0 Å². The van der Waals surface area contributed by atoms with E-state index in [-0.39, 0.29) is 11.0 Å². The Kier molecular flexibility index (Phi) is 5.64. The zero-order valence-electron chi connectivity index (χ0n) is 9.42. The van der Waals surface area contributed by atoms with Crippen molar-refractivity contribution in [3.63, 3.8) is 0 Å². The SMILES string of the molecule is NCCCCNS(=O)(=O)c1c(F)cc(F)cc1Br. The fraction of sp³-hybridized carbons (Fsp3) is 0.400. The van der Waals surface area contributed by atoms with Gasteiger partial charge in [-0.3, -0.25) is 0 Å². The summed E-state index contributed by atoms with van der Waals surface area (Å²) in [6.07, 6.45) is 1.21. The van der Waals surface area contributed by atoms with Crippen molar-refractivity contribution in [1.82, 2.24) is 4.72 Å². The molecule has 0 fully saturated rings. The lowest BCUT2D eigenvalue weighted by atomic mass is 10.3. The van der Waals surface area contributed by atoms with Crippen molar-refractivity contribution in [2.24, 2.45) is 5.73 Å². The maximum absolute atomic E-state index is 13.5. The molecule has 0 amide bonds. The van der Waals surface area contributed by atoms with E-state index < -0.39 is 26.6 Å². The third-order valence-electron chi connectivity index (χ3n) is 2.15. The van der Waals surface area contributed by atoms with Crippen LogP contribution in [0.4, 0.5) is 8.78 Å². The average Bonchev–Trinajstić information content (AvgIpc) is 2.22. The average molecular weight is 343 g/mol. The predicted octanol–water partition coefficient (Wildman–Crippen LogP) is 1.74. The number of rotatable bonds is 6. The minimum atomic E-state index is -4.00. The second-order valence-electron chi connectivity index (χ2n) is 3.59. The van der Waals surface area contributed by atoms with Crippen molar-refractivity contribution >= 4 is 26.0 Å². The summed E-state index contributed by atoms with van der Waals surface area (Å²) >= 11 is 2.84. The van der Waals surface area contributed by atoms with Crippen molar-refractivity contribution in [1.29, 1.82) is 0 Å². The highest BCUT2D eigenvalue weighted by Gasteiger charge is 2.23. The van der Waals surface area contributed by atoms with Gasteiger partial charge in [0.05, 0.1) is 0 Å². The number of sulfonamides is 1. The Hall–Kier alpha value is -0.570. The third kappa shape index (κ3) is 3.98. The second kappa shape index (κ2) is 6.55. The van der Waals surface area contributed by atoms with E-state index >= 15 is 0 Å². The lowest BCUT2D eigenvalue weighted by Crippen LogP contribution is -2.26. The Morgan fingerprint density at radius 1 is 1.28 bits per heavy atom. The first-order chi connectivity index (χ1) is 8.38. The molecule has 0 aromatic heterocycles. The maximum Gasteiger partial charge on any atom is 0.244 e. The zero-order valence-corrected chi connectivity index (χ0v) is 11.8. The highest BCUT2D eigenvalue weighted by Crippen LogP contribution is 2.25. The molecule has 0 saturated carbocycles. The molecule has 0 aliphatic heterocycles. The molecule has 102 valence electrons. The van der Waals surface area contributed by atoms with E-state index in [4.69, 9.17) is 5.73 Å². The van der Waals surface area contributed by atoms with Crippen LogP contribution in [0.2, 0.25) is 0 Å². The van der Waals surface area contributed by atoms with Crippen molar-refractivity contribution in [2.45, 2.75) is 17.7 Å². The number of nitrogens with one attached hydrogen (secondary N) is 1. The van der Waals surface area contributed by atoms with Gasteiger partial charge in [-0.15, -0.1) is 0 Å². The van der Waals surface area contributed by atoms with Gasteiger partial charge in [0.15, 0.2) is 0 Å². The number of hydrogen-bond donors (Lipinski definition) is 2. The molecule has 0 bridgehead atoms. The molecule has 0 saturated heterocycles. The summed E-state index contributed by atoms with van der Waals surface area (Å²) in [7, 11) is -4.00. The van der Waals surface area contributed by atoms with Gasteiger partial charge in [-0.1, -0.05) is 0 Å². The smallest absolute Gasteiger partial charge is 0.244 e. The standard InChI is InChI=1S/C10H13BrF2N2O2S/c11-8-5-7(12)6-9(13)10(8)18(16,17)15-4-2-1-3-14/h5-6,15H,1-4,14H2. The first-order valence-electron chi connectivity index (χ1n) is 5.23. The van der Waals surface area contributed by atoms with Gasteiger partial charge in [0.2, 0.25) is 10.0 Å². The van der Waals surface area contributed by atoms with E-state index in [0.29, 0.717) is 25.5 Å². The first-order valence-corrected chi connectivity index (χ1v) is 7.50. The monoisotopic (exact) mass is 342 g/mol. The molecule has 3 N–H and O–H groups in total. The van der Waals surface area contributed by atoms with E-state index in [0.717, 1.165) is 6.07 Å². The molecule has 0 unspecified atom stereocenters. The van der Waals surface area contributed by atoms with Gasteiger partial charge < -0.3 is 5.73 Å².